The van der Waals surface area contributed by atoms with Gasteiger partial charge in [0.15, 0.2) is 0 Å². The van der Waals surface area contributed by atoms with Gasteiger partial charge in [0.25, 0.3) is 0 Å². The van der Waals surface area contributed by atoms with Crippen molar-refractivity contribution in [1.29, 1.82) is 0 Å². The van der Waals surface area contributed by atoms with Gasteiger partial charge < -0.3 is 5.32 Å². The Hall–Kier alpha value is -3.32. The lowest BCUT2D eigenvalue weighted by molar-refractivity contribution is -0.111. The number of nitrogens with one attached hydrogen (secondary N) is 1. The standard InChI is InChI=1S/C18H13N5OS/c24-17(9-10-18-22-15-3-1-2-4-16(15)25-18)21-13-5-7-14(8-6-13)23-19-11-12-20-23/h1-12H,(H,21,24)/b10-9+. The Morgan fingerprint density at radius 2 is 1.80 bits per heavy atom. The molecule has 2 aromatic heterocycles. The molecule has 25 heavy (non-hydrogen) atoms. The fourth-order valence-electron chi connectivity index (χ4n) is 2.32. The molecule has 2 heterocycles. The van der Waals surface area contributed by atoms with Crippen molar-refractivity contribution in [1.82, 2.24) is 20.0 Å². The lowest BCUT2D eigenvalue weighted by Gasteiger charge is -2.03. The average Bonchev–Trinajstić information content (AvgIpc) is 3.30. The zero-order valence-electron chi connectivity index (χ0n) is 13.0. The van der Waals surface area contributed by atoms with Crippen molar-refractivity contribution in [3.8, 4) is 5.69 Å². The summed E-state index contributed by atoms with van der Waals surface area (Å²) in [5, 5.41) is 11.7. The number of benzene rings is 2. The van der Waals surface area contributed by atoms with E-state index in [-0.39, 0.29) is 5.91 Å². The third-order valence-corrected chi connectivity index (χ3v) is 4.47. The predicted molar refractivity (Wildman–Crippen MR) is 98.6 cm³/mol. The van der Waals surface area contributed by atoms with Gasteiger partial charge in [0.1, 0.15) is 5.01 Å². The summed E-state index contributed by atoms with van der Waals surface area (Å²) in [6, 6.07) is 15.2. The number of thiazole rings is 1. The fraction of sp³-hybridized carbons (Fsp3) is 0. The van der Waals surface area contributed by atoms with E-state index in [1.165, 1.54) is 10.9 Å². The second-order valence-electron chi connectivity index (χ2n) is 5.21. The molecule has 1 amide bonds. The lowest BCUT2D eigenvalue weighted by Crippen LogP contribution is -2.08. The molecule has 0 atom stereocenters. The summed E-state index contributed by atoms with van der Waals surface area (Å²) in [7, 11) is 0. The van der Waals surface area contributed by atoms with Crippen LogP contribution in [0.2, 0.25) is 0 Å². The highest BCUT2D eigenvalue weighted by atomic mass is 32.1. The predicted octanol–water partition coefficient (Wildman–Crippen LogP) is 3.53. The van der Waals surface area contributed by atoms with Crippen molar-refractivity contribution in [3.63, 3.8) is 0 Å². The Morgan fingerprint density at radius 3 is 2.56 bits per heavy atom. The topological polar surface area (TPSA) is 72.7 Å². The van der Waals surface area contributed by atoms with Gasteiger partial charge in [0.2, 0.25) is 5.91 Å². The molecule has 0 unspecified atom stereocenters. The third-order valence-electron chi connectivity index (χ3n) is 3.47. The number of carbonyl (C=O) groups is 1. The lowest BCUT2D eigenvalue weighted by atomic mass is 10.3. The van der Waals surface area contributed by atoms with Crippen molar-refractivity contribution < 1.29 is 4.79 Å². The average molecular weight is 347 g/mol. The van der Waals surface area contributed by atoms with E-state index in [4.69, 9.17) is 0 Å². The fourth-order valence-corrected chi connectivity index (χ4v) is 3.19. The zero-order chi connectivity index (χ0) is 17.1. The molecular formula is C18H13N5OS. The molecule has 0 radical (unpaired) electrons. The van der Waals surface area contributed by atoms with E-state index in [0.717, 1.165) is 20.9 Å². The minimum Gasteiger partial charge on any atom is -0.323 e. The van der Waals surface area contributed by atoms with Gasteiger partial charge in [-0.25, -0.2) is 4.98 Å². The number of fused-ring (bicyclic) bond motifs is 1. The van der Waals surface area contributed by atoms with Gasteiger partial charge in [-0.1, -0.05) is 12.1 Å². The van der Waals surface area contributed by atoms with Crippen LogP contribution in [0.4, 0.5) is 5.69 Å². The summed E-state index contributed by atoms with van der Waals surface area (Å²) in [5.41, 5.74) is 2.47. The first-order chi connectivity index (χ1) is 12.3. The quantitative estimate of drug-likeness (QED) is 0.573. The van der Waals surface area contributed by atoms with E-state index in [0.29, 0.717) is 5.69 Å². The van der Waals surface area contributed by atoms with Crippen LogP contribution in [0.1, 0.15) is 5.01 Å². The molecule has 6 nitrogen and oxygen atoms in total. The molecule has 7 heteroatoms. The molecule has 0 aliphatic heterocycles. The number of rotatable bonds is 4. The summed E-state index contributed by atoms with van der Waals surface area (Å²) in [6.07, 6.45) is 6.44. The number of para-hydroxylation sites is 1. The number of hydrogen-bond acceptors (Lipinski definition) is 5. The van der Waals surface area contributed by atoms with Gasteiger partial charge in [-0.2, -0.15) is 15.0 Å². The normalized spacial score (nSPS) is 11.2. The summed E-state index contributed by atoms with van der Waals surface area (Å²) >= 11 is 1.55. The molecule has 0 aliphatic carbocycles. The highest BCUT2D eigenvalue weighted by molar-refractivity contribution is 7.19. The second-order valence-corrected chi connectivity index (χ2v) is 6.27. The Labute approximate surface area is 147 Å². The molecule has 2 aromatic carbocycles. The maximum Gasteiger partial charge on any atom is 0.248 e. The summed E-state index contributed by atoms with van der Waals surface area (Å²) < 4.78 is 1.10. The van der Waals surface area contributed by atoms with Gasteiger partial charge in [-0.15, -0.1) is 11.3 Å². The van der Waals surface area contributed by atoms with Gasteiger partial charge in [0.05, 0.1) is 28.3 Å². The van der Waals surface area contributed by atoms with Crippen LogP contribution in [-0.4, -0.2) is 25.9 Å². The molecule has 4 rings (SSSR count). The third kappa shape index (κ3) is 3.46. The minimum absolute atomic E-state index is 0.204. The van der Waals surface area contributed by atoms with Crippen molar-refractivity contribution in [2.45, 2.75) is 0 Å². The highest BCUT2D eigenvalue weighted by Crippen LogP contribution is 2.22. The van der Waals surface area contributed by atoms with Crippen molar-refractivity contribution >= 4 is 39.2 Å². The van der Waals surface area contributed by atoms with E-state index in [1.807, 2.05) is 48.5 Å². The van der Waals surface area contributed by atoms with E-state index in [2.05, 4.69) is 20.5 Å². The molecular weight excluding hydrogens is 334 g/mol. The van der Waals surface area contributed by atoms with Gasteiger partial charge in [-0.05, 0) is 42.5 Å². The maximum atomic E-state index is 12.1. The number of nitrogens with zero attached hydrogens (tertiary/aromatic N) is 4. The summed E-state index contributed by atoms with van der Waals surface area (Å²) in [4.78, 5) is 18.0. The Bertz CT molecular complexity index is 1000. The van der Waals surface area contributed by atoms with Crippen LogP contribution in [0.5, 0.6) is 0 Å². The van der Waals surface area contributed by atoms with Crippen LogP contribution in [0.25, 0.3) is 22.0 Å². The van der Waals surface area contributed by atoms with Gasteiger partial charge >= 0.3 is 0 Å². The number of amides is 1. The van der Waals surface area contributed by atoms with Crippen molar-refractivity contribution in [2.24, 2.45) is 0 Å². The summed E-state index contributed by atoms with van der Waals surface area (Å²) in [5.74, 6) is -0.204. The molecule has 0 saturated heterocycles. The monoisotopic (exact) mass is 347 g/mol. The number of anilines is 1. The second kappa shape index (κ2) is 6.66. The Kier molecular flexibility index (Phi) is 4.05. The highest BCUT2D eigenvalue weighted by Gasteiger charge is 2.03. The zero-order valence-corrected chi connectivity index (χ0v) is 13.9. The van der Waals surface area contributed by atoms with Crippen LogP contribution in [0.3, 0.4) is 0 Å². The first kappa shape index (κ1) is 15.2. The van der Waals surface area contributed by atoms with Crippen LogP contribution in [-0.2, 0) is 4.79 Å². The minimum atomic E-state index is -0.204. The maximum absolute atomic E-state index is 12.1. The number of carbonyl (C=O) groups excluding carboxylic acids is 1. The molecule has 0 aliphatic rings. The van der Waals surface area contributed by atoms with E-state index in [9.17, 15) is 4.79 Å². The molecule has 0 saturated carbocycles. The first-order valence-corrected chi connectivity index (χ1v) is 8.41. The smallest absolute Gasteiger partial charge is 0.248 e. The van der Waals surface area contributed by atoms with E-state index >= 15 is 0 Å². The van der Waals surface area contributed by atoms with Crippen molar-refractivity contribution in [2.75, 3.05) is 5.32 Å². The first-order valence-electron chi connectivity index (χ1n) is 7.59. The molecule has 122 valence electrons. The van der Waals surface area contributed by atoms with Gasteiger partial charge in [-0.3, -0.25) is 4.79 Å². The Balaban J connectivity index is 1.43. The SMILES string of the molecule is O=C(/C=C/c1nc2ccccc2s1)Nc1ccc(-n2nccn2)cc1. The number of hydrogen-bond donors (Lipinski definition) is 1. The van der Waals surface area contributed by atoms with E-state index < -0.39 is 0 Å². The molecule has 1 N–H and O–H groups in total. The van der Waals surface area contributed by atoms with Crippen LogP contribution >= 0.6 is 11.3 Å². The van der Waals surface area contributed by atoms with Crippen LogP contribution in [0.15, 0.2) is 67.0 Å². The number of aromatic nitrogens is 4. The largest absolute Gasteiger partial charge is 0.323 e. The Morgan fingerprint density at radius 1 is 1.04 bits per heavy atom. The van der Waals surface area contributed by atoms with Crippen molar-refractivity contribution in [3.05, 3.63) is 72.0 Å². The van der Waals surface area contributed by atoms with Crippen LogP contribution < -0.4 is 5.32 Å². The molecule has 0 bridgehead atoms. The van der Waals surface area contributed by atoms with Crippen LogP contribution in [0, 0.1) is 0 Å². The van der Waals surface area contributed by atoms with Gasteiger partial charge in [0, 0.05) is 11.8 Å². The van der Waals surface area contributed by atoms with E-state index in [1.54, 1.807) is 29.8 Å². The summed E-state index contributed by atoms with van der Waals surface area (Å²) in [6.45, 7) is 0. The molecule has 0 spiro atoms. The molecule has 4 aromatic rings. The molecule has 0 fully saturated rings.